The summed E-state index contributed by atoms with van der Waals surface area (Å²) in [5, 5.41) is 16.4. The van der Waals surface area contributed by atoms with Gasteiger partial charge in [-0.15, -0.1) is 0 Å². The molecule has 0 heterocycles. The Morgan fingerprint density at radius 1 is 1.40 bits per heavy atom. The van der Waals surface area contributed by atoms with E-state index in [1.807, 2.05) is 0 Å². The summed E-state index contributed by atoms with van der Waals surface area (Å²) < 4.78 is 27.4. The Morgan fingerprint density at radius 3 is 2.55 bits per heavy atom. The molecule has 0 fully saturated rings. The number of nitrogens with two attached hydrogens (primary N) is 1. The number of amides is 1. The van der Waals surface area contributed by atoms with Crippen molar-refractivity contribution >= 4 is 21.9 Å². The summed E-state index contributed by atoms with van der Waals surface area (Å²) in [6.45, 7) is 1.77. The molecule has 1 amide bonds. The van der Waals surface area contributed by atoms with Crippen molar-refractivity contribution in [2.75, 3.05) is 13.2 Å². The van der Waals surface area contributed by atoms with Gasteiger partial charge in [-0.1, -0.05) is 0 Å². The lowest BCUT2D eigenvalue weighted by atomic mass is 10.2. The summed E-state index contributed by atoms with van der Waals surface area (Å²) in [6, 6.07) is 3.13. The number of sulfonamides is 1. The molecule has 0 saturated heterocycles. The van der Waals surface area contributed by atoms with Gasteiger partial charge in [0, 0.05) is 6.54 Å². The summed E-state index contributed by atoms with van der Waals surface area (Å²) in [5.74, 6) is -1.92. The van der Waals surface area contributed by atoms with Crippen LogP contribution in [0.5, 0.6) is 5.75 Å². The fourth-order valence-corrected chi connectivity index (χ4v) is 1.91. The number of primary sulfonamides is 1. The molecule has 0 aromatic heterocycles. The molecule has 4 N–H and O–H groups in total. The van der Waals surface area contributed by atoms with E-state index in [4.69, 9.17) is 15.0 Å². The van der Waals surface area contributed by atoms with E-state index in [1.165, 1.54) is 0 Å². The van der Waals surface area contributed by atoms with Crippen LogP contribution in [0.4, 0.5) is 0 Å². The Kier molecular flexibility index (Phi) is 5.06. The van der Waals surface area contributed by atoms with Crippen molar-refractivity contribution in [2.24, 2.45) is 5.14 Å². The molecule has 110 valence electrons. The van der Waals surface area contributed by atoms with Gasteiger partial charge in [0.1, 0.15) is 11.3 Å². The van der Waals surface area contributed by atoms with Gasteiger partial charge < -0.3 is 15.2 Å². The van der Waals surface area contributed by atoms with Crippen LogP contribution in [-0.2, 0) is 14.8 Å². The Labute approximate surface area is 115 Å². The highest BCUT2D eigenvalue weighted by molar-refractivity contribution is 7.89. The number of carbonyl (C=O) groups excluding carboxylic acids is 1. The summed E-state index contributed by atoms with van der Waals surface area (Å²) >= 11 is 0. The molecule has 0 radical (unpaired) electrons. The average Bonchev–Trinajstić information content (AvgIpc) is 2.35. The third-order valence-electron chi connectivity index (χ3n) is 2.24. The first-order chi connectivity index (χ1) is 9.25. The SMILES string of the molecule is CCNC(=O)COc1ccc(S(N)(=O)=O)cc1C(=O)O. The standard InChI is InChI=1S/C11H14N2O6S/c1-2-13-10(14)6-19-9-4-3-7(20(12,17)18)5-8(9)11(15)16/h3-5H,2,6H2,1H3,(H,13,14)(H,15,16)(H2,12,17,18). The average molecular weight is 302 g/mol. The van der Waals surface area contributed by atoms with Crippen LogP contribution in [0, 0.1) is 0 Å². The van der Waals surface area contributed by atoms with Crippen molar-refractivity contribution < 1.29 is 27.9 Å². The molecule has 8 nitrogen and oxygen atoms in total. The molecule has 0 atom stereocenters. The van der Waals surface area contributed by atoms with E-state index in [2.05, 4.69) is 5.32 Å². The number of hydrogen-bond acceptors (Lipinski definition) is 5. The number of benzene rings is 1. The molecule has 1 aromatic carbocycles. The number of nitrogens with one attached hydrogen (secondary N) is 1. The predicted molar refractivity (Wildman–Crippen MR) is 69.0 cm³/mol. The third-order valence-corrected chi connectivity index (χ3v) is 3.15. The zero-order valence-corrected chi connectivity index (χ0v) is 11.4. The molecular weight excluding hydrogens is 288 g/mol. The first-order valence-electron chi connectivity index (χ1n) is 5.55. The smallest absolute Gasteiger partial charge is 0.339 e. The van der Waals surface area contributed by atoms with Gasteiger partial charge in [0.05, 0.1) is 4.90 Å². The van der Waals surface area contributed by atoms with Crippen LogP contribution in [0.2, 0.25) is 0 Å². The van der Waals surface area contributed by atoms with E-state index in [-0.39, 0.29) is 22.8 Å². The van der Waals surface area contributed by atoms with Gasteiger partial charge in [0.15, 0.2) is 6.61 Å². The predicted octanol–water partition coefficient (Wildman–Crippen LogP) is -0.453. The maximum Gasteiger partial charge on any atom is 0.339 e. The highest BCUT2D eigenvalue weighted by Crippen LogP contribution is 2.22. The zero-order valence-electron chi connectivity index (χ0n) is 10.6. The fourth-order valence-electron chi connectivity index (χ4n) is 1.37. The number of rotatable bonds is 6. The van der Waals surface area contributed by atoms with E-state index in [1.54, 1.807) is 6.92 Å². The van der Waals surface area contributed by atoms with Crippen molar-refractivity contribution in [2.45, 2.75) is 11.8 Å². The minimum absolute atomic E-state index is 0.115. The lowest BCUT2D eigenvalue weighted by Crippen LogP contribution is -2.28. The number of hydrogen-bond donors (Lipinski definition) is 3. The van der Waals surface area contributed by atoms with Gasteiger partial charge in [-0.05, 0) is 25.1 Å². The summed E-state index contributed by atoms with van der Waals surface area (Å²) in [4.78, 5) is 21.9. The number of likely N-dealkylation sites (N-methyl/N-ethyl adjacent to an activating group) is 1. The third kappa shape index (κ3) is 4.21. The molecule has 0 spiro atoms. The van der Waals surface area contributed by atoms with E-state index < -0.39 is 21.9 Å². The zero-order chi connectivity index (χ0) is 15.3. The second kappa shape index (κ2) is 6.35. The quantitative estimate of drug-likeness (QED) is 0.651. The Morgan fingerprint density at radius 2 is 2.05 bits per heavy atom. The molecule has 0 aliphatic heterocycles. The summed E-state index contributed by atoms with van der Waals surface area (Å²) in [6.07, 6.45) is 0. The molecular formula is C11H14N2O6S. The van der Waals surface area contributed by atoms with Crippen LogP contribution < -0.4 is 15.2 Å². The summed E-state index contributed by atoms with van der Waals surface area (Å²) in [7, 11) is -4.01. The van der Waals surface area contributed by atoms with Gasteiger partial charge in [0.25, 0.3) is 5.91 Å². The highest BCUT2D eigenvalue weighted by atomic mass is 32.2. The number of carboxylic acids is 1. The molecule has 0 bridgehead atoms. The molecule has 0 aliphatic carbocycles. The Balaban J connectivity index is 3.03. The van der Waals surface area contributed by atoms with Gasteiger partial charge in [-0.2, -0.15) is 0 Å². The van der Waals surface area contributed by atoms with Gasteiger partial charge >= 0.3 is 5.97 Å². The summed E-state index contributed by atoms with van der Waals surface area (Å²) in [5.41, 5.74) is -0.388. The molecule has 0 unspecified atom stereocenters. The Bertz CT molecular complexity index is 626. The van der Waals surface area contributed by atoms with Crippen molar-refractivity contribution in [3.63, 3.8) is 0 Å². The molecule has 1 aromatic rings. The second-order valence-corrected chi connectivity index (χ2v) is 5.31. The molecule has 0 aliphatic rings. The maximum atomic E-state index is 11.2. The number of ether oxygens (including phenoxy) is 1. The normalized spacial score (nSPS) is 10.9. The van der Waals surface area contributed by atoms with Gasteiger partial charge in [-0.25, -0.2) is 18.4 Å². The van der Waals surface area contributed by atoms with Crippen molar-refractivity contribution in [1.82, 2.24) is 5.32 Å². The highest BCUT2D eigenvalue weighted by Gasteiger charge is 2.17. The molecule has 1 rings (SSSR count). The molecule has 20 heavy (non-hydrogen) atoms. The van der Waals surface area contributed by atoms with Crippen molar-refractivity contribution in [3.05, 3.63) is 23.8 Å². The monoisotopic (exact) mass is 302 g/mol. The van der Waals surface area contributed by atoms with Crippen LogP contribution in [0.1, 0.15) is 17.3 Å². The van der Waals surface area contributed by atoms with E-state index >= 15 is 0 Å². The van der Waals surface area contributed by atoms with E-state index in [0.717, 1.165) is 18.2 Å². The lowest BCUT2D eigenvalue weighted by Gasteiger charge is -2.10. The van der Waals surface area contributed by atoms with E-state index in [9.17, 15) is 18.0 Å². The van der Waals surface area contributed by atoms with Crippen LogP contribution in [0.25, 0.3) is 0 Å². The van der Waals surface area contributed by atoms with Gasteiger partial charge in [0.2, 0.25) is 10.0 Å². The molecule has 9 heteroatoms. The van der Waals surface area contributed by atoms with Crippen molar-refractivity contribution in [1.29, 1.82) is 0 Å². The lowest BCUT2D eigenvalue weighted by molar-refractivity contribution is -0.123. The number of carboxylic acid groups (broad SMARTS) is 1. The minimum atomic E-state index is -4.01. The topological polar surface area (TPSA) is 136 Å². The first-order valence-corrected chi connectivity index (χ1v) is 7.10. The number of aromatic carboxylic acids is 1. The first kappa shape index (κ1) is 15.9. The maximum absolute atomic E-state index is 11.2. The van der Waals surface area contributed by atoms with Crippen LogP contribution in [0.15, 0.2) is 23.1 Å². The fraction of sp³-hybridized carbons (Fsp3) is 0.273. The van der Waals surface area contributed by atoms with Crippen molar-refractivity contribution in [3.8, 4) is 5.75 Å². The minimum Gasteiger partial charge on any atom is -0.483 e. The molecule has 0 saturated carbocycles. The Hall–Kier alpha value is -2.13. The largest absolute Gasteiger partial charge is 0.483 e. The van der Waals surface area contributed by atoms with Crippen LogP contribution >= 0.6 is 0 Å². The van der Waals surface area contributed by atoms with Gasteiger partial charge in [-0.3, -0.25) is 4.79 Å². The van der Waals surface area contributed by atoms with Crippen LogP contribution in [0.3, 0.4) is 0 Å². The van der Waals surface area contributed by atoms with Crippen LogP contribution in [-0.4, -0.2) is 38.6 Å². The van der Waals surface area contributed by atoms with E-state index in [0.29, 0.717) is 6.54 Å². The second-order valence-electron chi connectivity index (χ2n) is 3.75. The number of carbonyl (C=O) groups is 2.